The zero-order valence-corrected chi connectivity index (χ0v) is 16.5. The minimum atomic E-state index is -0.211. The van der Waals surface area contributed by atoms with Crippen molar-refractivity contribution in [2.24, 2.45) is 0 Å². The molecule has 2 aromatic rings. The van der Waals surface area contributed by atoms with Crippen LogP contribution in [0.5, 0.6) is 0 Å². The lowest BCUT2D eigenvalue weighted by molar-refractivity contribution is -0.131. The molecule has 0 bridgehead atoms. The van der Waals surface area contributed by atoms with Crippen molar-refractivity contribution >= 4 is 5.91 Å². The molecule has 1 amide bonds. The number of unbranched alkanes of at least 4 members (excludes halogenated alkanes) is 1. The van der Waals surface area contributed by atoms with Crippen LogP contribution >= 0.6 is 0 Å². The molecule has 0 spiro atoms. The normalized spacial score (nSPS) is 17.3. The fraction of sp³-hybridized carbons (Fsp3) is 0.600. The van der Waals surface area contributed by atoms with E-state index in [0.29, 0.717) is 23.6 Å². The molecule has 7 nitrogen and oxygen atoms in total. The van der Waals surface area contributed by atoms with Gasteiger partial charge in [-0.2, -0.15) is 0 Å². The summed E-state index contributed by atoms with van der Waals surface area (Å²) < 4.78 is 2.22. The number of amides is 1. The Labute approximate surface area is 159 Å². The number of nitrogens with zero attached hydrogens (tertiary/aromatic N) is 4. The standard InChI is InChI=1S/C20H29N5O2/c1-4-5-9-24-11-8-21-19(24)16-7-6-10-25(13-16)18(26)12-17-14(2)22-15(3)23-20(17)27/h8,11,16H,4-7,9-10,12-13H2,1-3H3,(H,22,23,27)/t16-/m0/s1. The summed E-state index contributed by atoms with van der Waals surface area (Å²) in [5.74, 6) is 1.90. The summed E-state index contributed by atoms with van der Waals surface area (Å²) in [5.41, 5.74) is 0.891. The monoisotopic (exact) mass is 371 g/mol. The zero-order valence-electron chi connectivity index (χ0n) is 16.5. The third-order valence-electron chi connectivity index (χ3n) is 5.31. The quantitative estimate of drug-likeness (QED) is 0.845. The average molecular weight is 371 g/mol. The largest absolute Gasteiger partial charge is 0.342 e. The number of hydrogen-bond donors (Lipinski definition) is 1. The van der Waals surface area contributed by atoms with Gasteiger partial charge in [0.15, 0.2) is 0 Å². The minimum Gasteiger partial charge on any atom is -0.342 e. The first-order valence-corrected chi connectivity index (χ1v) is 9.84. The molecular formula is C20H29N5O2. The summed E-state index contributed by atoms with van der Waals surface area (Å²) in [6.07, 6.45) is 8.26. The van der Waals surface area contributed by atoms with E-state index < -0.39 is 0 Å². The van der Waals surface area contributed by atoms with Crippen molar-refractivity contribution in [3.05, 3.63) is 45.7 Å². The molecule has 1 fully saturated rings. The maximum Gasteiger partial charge on any atom is 0.254 e. The summed E-state index contributed by atoms with van der Waals surface area (Å²) in [5, 5.41) is 0. The number of carbonyl (C=O) groups is 1. The van der Waals surface area contributed by atoms with E-state index in [1.807, 2.05) is 17.3 Å². The lowest BCUT2D eigenvalue weighted by Crippen LogP contribution is -2.41. The second-order valence-electron chi connectivity index (χ2n) is 7.40. The van der Waals surface area contributed by atoms with Crippen molar-refractivity contribution in [1.82, 2.24) is 24.4 Å². The number of hydrogen-bond acceptors (Lipinski definition) is 4. The van der Waals surface area contributed by atoms with Gasteiger partial charge in [-0.05, 0) is 33.1 Å². The van der Waals surface area contributed by atoms with Crippen molar-refractivity contribution in [2.75, 3.05) is 13.1 Å². The Morgan fingerprint density at radius 3 is 2.93 bits per heavy atom. The Morgan fingerprint density at radius 2 is 2.19 bits per heavy atom. The molecule has 2 aromatic heterocycles. The number of likely N-dealkylation sites (tertiary alicyclic amines) is 1. The lowest BCUT2D eigenvalue weighted by atomic mass is 9.96. The molecule has 0 radical (unpaired) electrons. The Kier molecular flexibility index (Phi) is 6.08. The van der Waals surface area contributed by atoms with E-state index >= 15 is 0 Å². The molecule has 0 aromatic carbocycles. The van der Waals surface area contributed by atoms with Gasteiger partial charge in [0, 0.05) is 49.2 Å². The van der Waals surface area contributed by atoms with Crippen LogP contribution in [0.2, 0.25) is 0 Å². The molecule has 3 rings (SSSR count). The number of rotatable bonds is 6. The van der Waals surface area contributed by atoms with Gasteiger partial charge in [-0.15, -0.1) is 0 Å². The third kappa shape index (κ3) is 4.46. The first-order valence-electron chi connectivity index (χ1n) is 9.84. The van der Waals surface area contributed by atoms with Crippen LogP contribution in [0.15, 0.2) is 17.2 Å². The van der Waals surface area contributed by atoms with Crippen molar-refractivity contribution in [2.45, 2.75) is 65.3 Å². The number of nitrogens with one attached hydrogen (secondary N) is 1. The Hall–Kier alpha value is -2.44. The molecule has 0 saturated carbocycles. The predicted octanol–water partition coefficient (Wildman–Crippen LogP) is 2.33. The highest BCUT2D eigenvalue weighted by Crippen LogP contribution is 2.26. The van der Waals surface area contributed by atoms with E-state index in [0.717, 1.165) is 44.6 Å². The first kappa shape index (κ1) is 19.3. The van der Waals surface area contributed by atoms with Crippen molar-refractivity contribution in [3.63, 3.8) is 0 Å². The molecule has 1 aliphatic rings. The van der Waals surface area contributed by atoms with Crippen molar-refractivity contribution < 1.29 is 4.79 Å². The third-order valence-corrected chi connectivity index (χ3v) is 5.31. The highest BCUT2D eigenvalue weighted by molar-refractivity contribution is 5.79. The summed E-state index contributed by atoms with van der Waals surface area (Å²) in [6.45, 7) is 8.09. The number of aromatic nitrogens is 4. The Morgan fingerprint density at radius 1 is 1.37 bits per heavy atom. The van der Waals surface area contributed by atoms with Gasteiger partial charge in [-0.25, -0.2) is 9.97 Å². The fourth-order valence-electron chi connectivity index (χ4n) is 3.83. The summed E-state index contributed by atoms with van der Waals surface area (Å²) in [7, 11) is 0. The molecule has 0 unspecified atom stereocenters. The Balaban J connectivity index is 1.70. The van der Waals surface area contributed by atoms with E-state index in [-0.39, 0.29) is 23.8 Å². The lowest BCUT2D eigenvalue weighted by Gasteiger charge is -2.33. The van der Waals surface area contributed by atoms with E-state index in [2.05, 4.69) is 26.4 Å². The molecule has 7 heteroatoms. The van der Waals surface area contributed by atoms with Gasteiger partial charge in [0.05, 0.1) is 6.42 Å². The highest BCUT2D eigenvalue weighted by atomic mass is 16.2. The van der Waals surface area contributed by atoms with Gasteiger partial charge in [-0.3, -0.25) is 9.59 Å². The molecule has 1 aliphatic heterocycles. The van der Waals surface area contributed by atoms with Gasteiger partial charge in [0.1, 0.15) is 11.6 Å². The molecule has 27 heavy (non-hydrogen) atoms. The zero-order chi connectivity index (χ0) is 19.4. The molecule has 1 N–H and O–H groups in total. The number of aryl methyl sites for hydroxylation is 3. The number of carbonyl (C=O) groups excluding carboxylic acids is 1. The van der Waals surface area contributed by atoms with Gasteiger partial charge in [0.2, 0.25) is 5.91 Å². The van der Waals surface area contributed by atoms with E-state index in [9.17, 15) is 9.59 Å². The van der Waals surface area contributed by atoms with Crippen LogP contribution in [0.25, 0.3) is 0 Å². The minimum absolute atomic E-state index is 0.00869. The highest BCUT2D eigenvalue weighted by Gasteiger charge is 2.28. The van der Waals surface area contributed by atoms with Crippen LogP contribution < -0.4 is 5.56 Å². The molecule has 3 heterocycles. The van der Waals surface area contributed by atoms with Crippen LogP contribution in [0, 0.1) is 13.8 Å². The maximum absolute atomic E-state index is 12.8. The average Bonchev–Trinajstić information content (AvgIpc) is 3.11. The molecule has 1 atom stereocenters. The maximum atomic E-state index is 12.8. The number of aromatic amines is 1. The van der Waals surface area contributed by atoms with Gasteiger partial charge in [-0.1, -0.05) is 13.3 Å². The molecule has 1 saturated heterocycles. The topological polar surface area (TPSA) is 83.9 Å². The number of piperidine rings is 1. The van der Waals surface area contributed by atoms with Crippen molar-refractivity contribution in [1.29, 1.82) is 0 Å². The summed E-state index contributed by atoms with van der Waals surface area (Å²) >= 11 is 0. The number of imidazole rings is 1. The smallest absolute Gasteiger partial charge is 0.254 e. The fourth-order valence-corrected chi connectivity index (χ4v) is 3.83. The van der Waals surface area contributed by atoms with Gasteiger partial charge < -0.3 is 14.5 Å². The van der Waals surface area contributed by atoms with Crippen LogP contribution in [-0.2, 0) is 17.8 Å². The van der Waals surface area contributed by atoms with Gasteiger partial charge in [0.25, 0.3) is 5.56 Å². The Bertz CT molecular complexity index is 854. The van der Waals surface area contributed by atoms with Gasteiger partial charge >= 0.3 is 0 Å². The van der Waals surface area contributed by atoms with Crippen LogP contribution in [-0.4, -0.2) is 43.4 Å². The van der Waals surface area contributed by atoms with Crippen LogP contribution in [0.3, 0.4) is 0 Å². The van der Waals surface area contributed by atoms with Crippen LogP contribution in [0.1, 0.15) is 61.4 Å². The molecular weight excluding hydrogens is 342 g/mol. The van der Waals surface area contributed by atoms with E-state index in [1.165, 1.54) is 0 Å². The summed E-state index contributed by atoms with van der Waals surface area (Å²) in [6, 6.07) is 0. The second-order valence-corrected chi connectivity index (χ2v) is 7.40. The SMILES string of the molecule is CCCCn1ccnc1[C@H]1CCCN(C(=O)Cc2c(C)nc(C)[nH]c2=O)C1. The first-order chi connectivity index (χ1) is 13.0. The van der Waals surface area contributed by atoms with Crippen LogP contribution in [0.4, 0.5) is 0 Å². The second kappa shape index (κ2) is 8.50. The van der Waals surface area contributed by atoms with Crippen molar-refractivity contribution in [3.8, 4) is 0 Å². The summed E-state index contributed by atoms with van der Waals surface area (Å²) in [4.78, 5) is 38.5. The number of H-pyrrole nitrogens is 1. The predicted molar refractivity (Wildman–Crippen MR) is 104 cm³/mol. The molecule has 0 aliphatic carbocycles. The molecule has 146 valence electrons. The van der Waals surface area contributed by atoms with E-state index in [4.69, 9.17) is 0 Å². The van der Waals surface area contributed by atoms with E-state index in [1.54, 1.807) is 13.8 Å².